The zero-order valence-corrected chi connectivity index (χ0v) is 6.69. The number of hydrogen-bond donors (Lipinski definition) is 0. The van der Waals surface area contributed by atoms with Gasteiger partial charge in [0.25, 0.3) is 0 Å². The van der Waals surface area contributed by atoms with E-state index in [1.165, 1.54) is 10.6 Å². The summed E-state index contributed by atoms with van der Waals surface area (Å²) in [4.78, 5) is 0. The SMILES string of the molecule is CS(=O)(=O)N1CC=[C]CC1. The predicted molar refractivity (Wildman–Crippen MR) is 38.8 cm³/mol. The quantitative estimate of drug-likeness (QED) is 0.542. The lowest BCUT2D eigenvalue weighted by molar-refractivity contribution is 0.439. The Labute approximate surface area is 61.4 Å². The molecule has 0 saturated heterocycles. The lowest BCUT2D eigenvalue weighted by Crippen LogP contribution is -2.32. The van der Waals surface area contributed by atoms with E-state index < -0.39 is 10.0 Å². The minimum atomic E-state index is -2.96. The van der Waals surface area contributed by atoms with Crippen LogP contribution in [-0.4, -0.2) is 32.1 Å². The highest BCUT2D eigenvalue weighted by atomic mass is 32.2. The molecule has 1 aliphatic heterocycles. The first-order valence-electron chi connectivity index (χ1n) is 3.11. The van der Waals surface area contributed by atoms with Crippen LogP contribution in [0.2, 0.25) is 0 Å². The average Bonchev–Trinajstić information content (AvgIpc) is 1.88. The summed E-state index contributed by atoms with van der Waals surface area (Å²) < 4.78 is 23.2. The molecule has 4 heteroatoms. The summed E-state index contributed by atoms with van der Waals surface area (Å²) in [6.07, 6.45) is 6.65. The Bertz CT molecular complexity index is 230. The van der Waals surface area contributed by atoms with E-state index >= 15 is 0 Å². The molecular formula is C6H10NO2S. The summed E-state index contributed by atoms with van der Waals surface area (Å²) in [6, 6.07) is 0. The van der Waals surface area contributed by atoms with Gasteiger partial charge in [-0.2, -0.15) is 4.31 Å². The Kier molecular flexibility index (Phi) is 2.11. The highest BCUT2D eigenvalue weighted by molar-refractivity contribution is 7.88. The van der Waals surface area contributed by atoms with Gasteiger partial charge in [0.2, 0.25) is 10.0 Å². The number of hydrogen-bond acceptors (Lipinski definition) is 2. The van der Waals surface area contributed by atoms with Crippen LogP contribution in [0.15, 0.2) is 6.08 Å². The van der Waals surface area contributed by atoms with Gasteiger partial charge in [-0.3, -0.25) is 0 Å². The highest BCUT2D eigenvalue weighted by Crippen LogP contribution is 2.04. The van der Waals surface area contributed by atoms with Crippen LogP contribution in [0.25, 0.3) is 0 Å². The monoisotopic (exact) mass is 160 g/mol. The molecule has 0 fully saturated rings. The van der Waals surface area contributed by atoms with Crippen molar-refractivity contribution in [3.05, 3.63) is 12.2 Å². The van der Waals surface area contributed by atoms with E-state index in [0.29, 0.717) is 19.5 Å². The fraction of sp³-hybridized carbons (Fsp3) is 0.667. The molecule has 0 aliphatic carbocycles. The van der Waals surface area contributed by atoms with Crippen LogP contribution < -0.4 is 0 Å². The molecule has 0 bridgehead atoms. The molecule has 3 nitrogen and oxygen atoms in total. The van der Waals surface area contributed by atoms with E-state index in [0.717, 1.165) is 0 Å². The number of nitrogens with zero attached hydrogens (tertiary/aromatic N) is 1. The van der Waals surface area contributed by atoms with Gasteiger partial charge in [0.15, 0.2) is 0 Å². The van der Waals surface area contributed by atoms with Gasteiger partial charge in [0, 0.05) is 13.1 Å². The van der Waals surface area contributed by atoms with E-state index in [1.807, 2.05) is 0 Å². The van der Waals surface area contributed by atoms with Crippen LogP contribution in [0.5, 0.6) is 0 Å². The zero-order chi connectivity index (χ0) is 7.61. The largest absolute Gasteiger partial charge is 0.212 e. The predicted octanol–water partition coefficient (Wildman–Crippen LogP) is 0.0111. The third-order valence-corrected chi connectivity index (χ3v) is 2.68. The van der Waals surface area contributed by atoms with Gasteiger partial charge in [0.05, 0.1) is 6.26 Å². The Morgan fingerprint density at radius 3 is 2.60 bits per heavy atom. The van der Waals surface area contributed by atoms with Crippen molar-refractivity contribution in [2.24, 2.45) is 0 Å². The molecule has 0 aromatic heterocycles. The van der Waals surface area contributed by atoms with Gasteiger partial charge in [0.1, 0.15) is 0 Å². The van der Waals surface area contributed by atoms with E-state index in [1.54, 1.807) is 6.08 Å². The number of sulfonamides is 1. The Morgan fingerprint density at radius 2 is 2.30 bits per heavy atom. The van der Waals surface area contributed by atoms with Crippen LogP contribution in [0.1, 0.15) is 6.42 Å². The first-order chi connectivity index (χ1) is 4.61. The van der Waals surface area contributed by atoms with Crippen molar-refractivity contribution in [2.75, 3.05) is 19.3 Å². The van der Waals surface area contributed by atoms with Gasteiger partial charge in [-0.25, -0.2) is 8.42 Å². The van der Waals surface area contributed by atoms with Crippen LogP contribution >= 0.6 is 0 Å². The van der Waals surface area contributed by atoms with E-state index in [9.17, 15) is 8.42 Å². The standard InChI is InChI=1S/C6H10NO2S/c1-10(8,9)7-5-3-2-4-6-7/h3H,4-6H2,1H3. The first-order valence-corrected chi connectivity index (χ1v) is 4.96. The lowest BCUT2D eigenvalue weighted by atomic mass is 10.3. The van der Waals surface area contributed by atoms with Gasteiger partial charge < -0.3 is 0 Å². The molecule has 0 unspecified atom stereocenters. The molecule has 1 radical (unpaired) electrons. The smallest absolute Gasteiger partial charge is 0.211 e. The fourth-order valence-corrected chi connectivity index (χ4v) is 1.62. The summed E-state index contributed by atoms with van der Waals surface area (Å²) in [6.45, 7) is 1.06. The maximum atomic E-state index is 10.9. The average molecular weight is 160 g/mol. The van der Waals surface area contributed by atoms with Crippen LogP contribution in [0.3, 0.4) is 0 Å². The second-order valence-corrected chi connectivity index (χ2v) is 4.26. The maximum Gasteiger partial charge on any atom is 0.211 e. The summed E-state index contributed by atoms with van der Waals surface area (Å²) in [5.74, 6) is 0. The third kappa shape index (κ3) is 1.82. The second kappa shape index (κ2) is 2.72. The van der Waals surface area contributed by atoms with Gasteiger partial charge in [-0.15, -0.1) is 0 Å². The van der Waals surface area contributed by atoms with E-state index in [4.69, 9.17) is 0 Å². The highest BCUT2D eigenvalue weighted by Gasteiger charge is 2.15. The molecule has 0 atom stereocenters. The molecule has 0 spiro atoms. The second-order valence-electron chi connectivity index (χ2n) is 2.28. The van der Waals surface area contributed by atoms with Gasteiger partial charge in [-0.05, 0) is 12.5 Å². The van der Waals surface area contributed by atoms with Gasteiger partial charge in [-0.1, -0.05) is 6.08 Å². The fourth-order valence-electron chi connectivity index (χ4n) is 0.850. The van der Waals surface area contributed by atoms with Crippen LogP contribution in [-0.2, 0) is 10.0 Å². The minimum Gasteiger partial charge on any atom is -0.212 e. The van der Waals surface area contributed by atoms with Crippen LogP contribution in [0, 0.1) is 6.08 Å². The molecule has 1 aliphatic rings. The van der Waals surface area contributed by atoms with E-state index in [2.05, 4.69) is 6.08 Å². The molecule has 10 heavy (non-hydrogen) atoms. The van der Waals surface area contributed by atoms with Gasteiger partial charge >= 0.3 is 0 Å². The summed E-state index contributed by atoms with van der Waals surface area (Å²) in [7, 11) is -2.96. The molecule has 0 saturated carbocycles. The Morgan fingerprint density at radius 1 is 1.60 bits per heavy atom. The summed E-state index contributed by atoms with van der Waals surface area (Å²) in [5.41, 5.74) is 0. The van der Waals surface area contributed by atoms with E-state index in [-0.39, 0.29) is 0 Å². The van der Waals surface area contributed by atoms with Crippen molar-refractivity contribution in [3.63, 3.8) is 0 Å². The van der Waals surface area contributed by atoms with Crippen molar-refractivity contribution in [3.8, 4) is 0 Å². The first kappa shape index (κ1) is 7.75. The van der Waals surface area contributed by atoms with Crippen LogP contribution in [0.4, 0.5) is 0 Å². The molecule has 57 valence electrons. The topological polar surface area (TPSA) is 37.4 Å². The Balaban J connectivity index is 2.67. The molecule has 0 N–H and O–H groups in total. The zero-order valence-electron chi connectivity index (χ0n) is 5.87. The lowest BCUT2D eigenvalue weighted by Gasteiger charge is -2.19. The Hall–Kier alpha value is -0.350. The van der Waals surface area contributed by atoms with Crippen molar-refractivity contribution < 1.29 is 8.42 Å². The third-order valence-electron chi connectivity index (χ3n) is 1.41. The molecule has 0 aromatic rings. The molecular weight excluding hydrogens is 150 g/mol. The summed E-state index contributed by atoms with van der Waals surface area (Å²) >= 11 is 0. The molecule has 0 amide bonds. The van der Waals surface area contributed by atoms with Crippen molar-refractivity contribution >= 4 is 10.0 Å². The molecule has 0 aromatic carbocycles. The van der Waals surface area contributed by atoms with Crippen molar-refractivity contribution in [1.29, 1.82) is 0 Å². The number of rotatable bonds is 1. The normalized spacial score (nSPS) is 21.3. The maximum absolute atomic E-state index is 10.9. The minimum absolute atomic E-state index is 0.485. The summed E-state index contributed by atoms with van der Waals surface area (Å²) in [5, 5.41) is 0. The van der Waals surface area contributed by atoms with Crippen molar-refractivity contribution in [2.45, 2.75) is 6.42 Å². The molecule has 1 rings (SSSR count). The molecule has 1 heterocycles. The van der Waals surface area contributed by atoms with Crippen molar-refractivity contribution in [1.82, 2.24) is 4.31 Å².